The average molecular weight is 311 g/mol. The molecule has 3 N–H and O–H groups in total. The van der Waals surface area contributed by atoms with E-state index in [9.17, 15) is 13.2 Å². The number of alkyl halides is 3. The van der Waals surface area contributed by atoms with Crippen LogP contribution in [0.5, 0.6) is 0 Å². The number of hydrogen-bond donors (Lipinski definition) is 2. The zero-order chi connectivity index (χ0) is 15.2. The quantitative estimate of drug-likeness (QED) is 0.734. The van der Waals surface area contributed by atoms with Gasteiger partial charge in [0, 0.05) is 4.88 Å². The second-order valence-corrected chi connectivity index (χ2v) is 5.83. The lowest BCUT2D eigenvalue weighted by atomic mass is 10.2. The molecular weight excluding hydrogens is 299 g/mol. The molecule has 0 fully saturated rings. The molecule has 3 nitrogen and oxygen atoms in total. The minimum atomic E-state index is -4.36. The van der Waals surface area contributed by atoms with Crippen LogP contribution in [0.1, 0.15) is 17.4 Å². The van der Waals surface area contributed by atoms with Gasteiger partial charge in [0.05, 0.1) is 27.2 Å². The molecule has 0 spiro atoms. The lowest BCUT2D eigenvalue weighted by Crippen LogP contribution is -2.04. The van der Waals surface area contributed by atoms with Gasteiger partial charge in [-0.1, -0.05) is 6.92 Å². The summed E-state index contributed by atoms with van der Waals surface area (Å²) in [6.07, 6.45) is -3.51. The predicted molar refractivity (Wildman–Crippen MR) is 78.2 cm³/mol. The van der Waals surface area contributed by atoms with Crippen molar-refractivity contribution in [2.24, 2.45) is 0 Å². The van der Waals surface area contributed by atoms with Crippen LogP contribution in [0.3, 0.4) is 0 Å². The summed E-state index contributed by atoms with van der Waals surface area (Å²) in [5.41, 5.74) is 6.83. The standard InChI is InChI=1S/C14H12F3N3S/c1-2-8-6-9(12(18)21-8)13-19-10-4-3-7(14(15,16)17)5-11(10)20-13/h3-6H,2,18H2,1H3,(H,19,20). The van der Waals surface area contributed by atoms with E-state index in [0.717, 1.165) is 29.0 Å². The van der Waals surface area contributed by atoms with Crippen molar-refractivity contribution in [2.75, 3.05) is 5.73 Å². The van der Waals surface area contributed by atoms with Crippen LogP contribution in [0.2, 0.25) is 0 Å². The fraction of sp³-hybridized carbons (Fsp3) is 0.214. The maximum absolute atomic E-state index is 12.7. The molecule has 110 valence electrons. The van der Waals surface area contributed by atoms with Crippen molar-refractivity contribution < 1.29 is 13.2 Å². The number of hydrogen-bond acceptors (Lipinski definition) is 3. The van der Waals surface area contributed by atoms with Gasteiger partial charge in [-0.05, 0) is 30.7 Å². The molecule has 0 aliphatic carbocycles. The van der Waals surface area contributed by atoms with Gasteiger partial charge < -0.3 is 10.7 Å². The zero-order valence-electron chi connectivity index (χ0n) is 11.1. The zero-order valence-corrected chi connectivity index (χ0v) is 11.9. The summed E-state index contributed by atoms with van der Waals surface area (Å²) in [4.78, 5) is 8.35. The molecule has 0 saturated heterocycles. The van der Waals surface area contributed by atoms with Crippen LogP contribution in [0.25, 0.3) is 22.4 Å². The van der Waals surface area contributed by atoms with Gasteiger partial charge in [-0.15, -0.1) is 11.3 Å². The normalized spacial score (nSPS) is 12.2. The summed E-state index contributed by atoms with van der Waals surface area (Å²) < 4.78 is 38.1. The first-order chi connectivity index (χ1) is 9.88. The number of nitrogens with one attached hydrogen (secondary N) is 1. The molecule has 3 rings (SSSR count). The molecule has 7 heteroatoms. The van der Waals surface area contributed by atoms with Gasteiger partial charge in [-0.2, -0.15) is 13.2 Å². The summed E-state index contributed by atoms with van der Waals surface area (Å²) >= 11 is 1.46. The molecule has 2 heterocycles. The number of nitrogens with zero attached hydrogens (tertiary/aromatic N) is 1. The lowest BCUT2D eigenvalue weighted by molar-refractivity contribution is -0.137. The molecule has 0 atom stereocenters. The van der Waals surface area contributed by atoms with E-state index in [1.165, 1.54) is 17.4 Å². The second-order valence-electron chi connectivity index (χ2n) is 4.66. The number of imidazole rings is 1. The number of fused-ring (bicyclic) bond motifs is 1. The summed E-state index contributed by atoms with van der Waals surface area (Å²) in [5.74, 6) is 0.498. The van der Waals surface area contributed by atoms with Crippen molar-refractivity contribution in [3.05, 3.63) is 34.7 Å². The Morgan fingerprint density at radius 3 is 2.67 bits per heavy atom. The van der Waals surface area contributed by atoms with Crippen molar-refractivity contribution in [1.82, 2.24) is 9.97 Å². The van der Waals surface area contributed by atoms with Crippen molar-refractivity contribution >= 4 is 27.4 Å². The number of thiophene rings is 1. The first-order valence-electron chi connectivity index (χ1n) is 6.34. The van der Waals surface area contributed by atoms with Gasteiger partial charge >= 0.3 is 6.18 Å². The first kappa shape index (κ1) is 13.9. The third-order valence-corrected chi connectivity index (χ3v) is 4.33. The maximum atomic E-state index is 12.7. The predicted octanol–water partition coefficient (Wildman–Crippen LogP) is 4.45. The largest absolute Gasteiger partial charge is 0.416 e. The summed E-state index contributed by atoms with van der Waals surface area (Å²) in [6, 6.07) is 5.38. The van der Waals surface area contributed by atoms with Crippen LogP contribution < -0.4 is 5.73 Å². The Kier molecular flexibility index (Phi) is 3.16. The topological polar surface area (TPSA) is 54.7 Å². The molecule has 0 saturated carbocycles. The number of aromatic amines is 1. The van der Waals surface area contributed by atoms with E-state index in [2.05, 4.69) is 9.97 Å². The number of anilines is 1. The Morgan fingerprint density at radius 2 is 2.05 bits per heavy atom. The molecule has 0 aliphatic rings. The number of aromatic nitrogens is 2. The van der Waals surface area contributed by atoms with E-state index in [-0.39, 0.29) is 0 Å². The van der Waals surface area contributed by atoms with E-state index in [4.69, 9.17) is 5.73 Å². The van der Waals surface area contributed by atoms with Gasteiger partial charge in [0.2, 0.25) is 0 Å². The number of rotatable bonds is 2. The smallest absolute Gasteiger partial charge is 0.390 e. The maximum Gasteiger partial charge on any atom is 0.416 e. The molecular formula is C14H12F3N3S. The Hall–Kier alpha value is -2.02. The highest BCUT2D eigenvalue weighted by molar-refractivity contribution is 7.16. The van der Waals surface area contributed by atoms with E-state index < -0.39 is 11.7 Å². The van der Waals surface area contributed by atoms with Crippen LogP contribution in [-0.4, -0.2) is 9.97 Å². The lowest BCUT2D eigenvalue weighted by Gasteiger charge is -2.05. The second kappa shape index (κ2) is 4.77. The molecule has 0 radical (unpaired) electrons. The monoisotopic (exact) mass is 311 g/mol. The van der Waals surface area contributed by atoms with Crippen LogP contribution >= 0.6 is 11.3 Å². The summed E-state index contributed by atoms with van der Waals surface area (Å²) in [7, 11) is 0. The summed E-state index contributed by atoms with van der Waals surface area (Å²) in [5, 5.41) is 0.613. The fourth-order valence-corrected chi connectivity index (χ4v) is 3.00. The minimum Gasteiger partial charge on any atom is -0.390 e. The van der Waals surface area contributed by atoms with Gasteiger partial charge in [0.25, 0.3) is 0 Å². The van der Waals surface area contributed by atoms with Crippen LogP contribution in [0, 0.1) is 0 Å². The highest BCUT2D eigenvalue weighted by atomic mass is 32.1. The third-order valence-electron chi connectivity index (χ3n) is 3.22. The van der Waals surface area contributed by atoms with Crippen molar-refractivity contribution in [2.45, 2.75) is 19.5 Å². The molecule has 0 bridgehead atoms. The van der Waals surface area contributed by atoms with Crippen molar-refractivity contribution in [3.8, 4) is 11.4 Å². The summed E-state index contributed by atoms with van der Waals surface area (Å²) in [6.45, 7) is 2.02. The molecule has 0 amide bonds. The van der Waals surface area contributed by atoms with E-state index in [0.29, 0.717) is 21.9 Å². The Labute approximate surface area is 122 Å². The van der Waals surface area contributed by atoms with Crippen molar-refractivity contribution in [1.29, 1.82) is 0 Å². The number of nitrogens with two attached hydrogens (primary N) is 1. The minimum absolute atomic E-state index is 0.350. The number of nitrogen functional groups attached to an aromatic ring is 1. The van der Waals surface area contributed by atoms with E-state index in [1.54, 1.807) is 0 Å². The van der Waals surface area contributed by atoms with Crippen LogP contribution in [-0.2, 0) is 12.6 Å². The fourth-order valence-electron chi connectivity index (χ4n) is 2.13. The van der Waals surface area contributed by atoms with Gasteiger partial charge in [-0.25, -0.2) is 4.98 Å². The highest BCUT2D eigenvalue weighted by Crippen LogP contribution is 2.35. The van der Waals surface area contributed by atoms with E-state index >= 15 is 0 Å². The molecule has 0 aliphatic heterocycles. The molecule has 0 unspecified atom stereocenters. The average Bonchev–Trinajstić information content (AvgIpc) is 2.99. The first-order valence-corrected chi connectivity index (χ1v) is 7.15. The third kappa shape index (κ3) is 2.49. The number of aryl methyl sites for hydroxylation is 1. The van der Waals surface area contributed by atoms with Crippen molar-refractivity contribution in [3.63, 3.8) is 0 Å². The Morgan fingerprint density at radius 1 is 1.29 bits per heavy atom. The Balaban J connectivity index is 2.10. The Bertz CT molecular complexity index is 801. The molecule has 1 aromatic carbocycles. The van der Waals surface area contributed by atoms with Gasteiger partial charge in [0.1, 0.15) is 5.82 Å². The van der Waals surface area contributed by atoms with E-state index in [1.807, 2.05) is 13.0 Å². The number of H-pyrrole nitrogens is 1. The van der Waals surface area contributed by atoms with Crippen LogP contribution in [0.4, 0.5) is 18.2 Å². The molecule has 21 heavy (non-hydrogen) atoms. The number of halogens is 3. The van der Waals surface area contributed by atoms with Gasteiger partial charge in [-0.3, -0.25) is 0 Å². The highest BCUT2D eigenvalue weighted by Gasteiger charge is 2.30. The number of benzene rings is 1. The SMILES string of the molecule is CCc1cc(-c2nc3ccc(C(F)(F)F)cc3[nH]2)c(N)s1. The van der Waals surface area contributed by atoms with Gasteiger partial charge in [0.15, 0.2) is 0 Å². The van der Waals surface area contributed by atoms with Crippen LogP contribution in [0.15, 0.2) is 24.3 Å². The molecule has 2 aromatic heterocycles. The molecule has 3 aromatic rings.